The van der Waals surface area contributed by atoms with Gasteiger partial charge in [0.15, 0.2) is 0 Å². The quantitative estimate of drug-likeness (QED) is 0.866. The van der Waals surface area contributed by atoms with Crippen molar-refractivity contribution < 1.29 is 14.3 Å². The molecule has 0 atom stereocenters. The molecule has 0 unspecified atom stereocenters. The van der Waals surface area contributed by atoms with Gasteiger partial charge in [-0.3, -0.25) is 0 Å². The number of nitrogens with zero attached hydrogens (tertiary/aromatic N) is 1. The molecular formula is C14H14BrNO4. The number of anilines is 1. The van der Waals surface area contributed by atoms with Gasteiger partial charge in [0.1, 0.15) is 11.1 Å². The smallest absolute Gasteiger partial charge is 0.351 e. The van der Waals surface area contributed by atoms with Crippen LogP contribution in [0, 0.1) is 0 Å². The van der Waals surface area contributed by atoms with Crippen LogP contribution < -0.4 is 10.5 Å². The number of hydrogen-bond donors (Lipinski definition) is 1. The van der Waals surface area contributed by atoms with Gasteiger partial charge in [0, 0.05) is 29.0 Å². The monoisotopic (exact) mass is 339 g/mol. The molecule has 0 aliphatic carbocycles. The van der Waals surface area contributed by atoms with Gasteiger partial charge in [0.25, 0.3) is 0 Å². The molecule has 0 bridgehead atoms. The molecule has 0 spiro atoms. The van der Waals surface area contributed by atoms with Crippen molar-refractivity contribution in [3.8, 4) is 0 Å². The molecular weight excluding hydrogens is 326 g/mol. The van der Waals surface area contributed by atoms with Crippen molar-refractivity contribution in [2.45, 2.75) is 13.8 Å². The SMILES string of the molecule is CCN(CC)c1cc2oc(=O)c(C(=O)O)cc2cc1Br. The Balaban J connectivity index is 2.69. The average molecular weight is 340 g/mol. The average Bonchev–Trinajstić information content (AvgIpc) is 2.40. The Labute approximate surface area is 123 Å². The summed E-state index contributed by atoms with van der Waals surface area (Å²) in [6.45, 7) is 5.70. The Morgan fingerprint density at radius 2 is 1.95 bits per heavy atom. The highest BCUT2D eigenvalue weighted by molar-refractivity contribution is 9.10. The van der Waals surface area contributed by atoms with Gasteiger partial charge in [-0.2, -0.15) is 0 Å². The van der Waals surface area contributed by atoms with E-state index in [1.165, 1.54) is 6.07 Å². The Hall–Kier alpha value is -1.82. The summed E-state index contributed by atoms with van der Waals surface area (Å²) < 4.78 is 5.94. The number of rotatable bonds is 4. The van der Waals surface area contributed by atoms with Crippen LogP contribution >= 0.6 is 15.9 Å². The Morgan fingerprint density at radius 1 is 1.30 bits per heavy atom. The molecule has 0 saturated heterocycles. The van der Waals surface area contributed by atoms with Crippen molar-refractivity contribution in [1.82, 2.24) is 0 Å². The predicted molar refractivity (Wildman–Crippen MR) is 80.7 cm³/mol. The van der Waals surface area contributed by atoms with Gasteiger partial charge in [-0.25, -0.2) is 9.59 Å². The molecule has 6 heteroatoms. The van der Waals surface area contributed by atoms with Crippen LogP contribution in [-0.2, 0) is 0 Å². The van der Waals surface area contributed by atoms with E-state index in [0.717, 1.165) is 23.2 Å². The number of fused-ring (bicyclic) bond motifs is 1. The van der Waals surface area contributed by atoms with Crippen LogP contribution in [0.4, 0.5) is 5.69 Å². The number of carboxylic acid groups (broad SMARTS) is 1. The van der Waals surface area contributed by atoms with Gasteiger partial charge in [-0.05, 0) is 41.9 Å². The maximum absolute atomic E-state index is 11.6. The minimum Gasteiger partial charge on any atom is -0.477 e. The molecule has 0 saturated carbocycles. The first-order valence-electron chi connectivity index (χ1n) is 6.23. The fraction of sp³-hybridized carbons (Fsp3) is 0.286. The van der Waals surface area contributed by atoms with E-state index in [1.54, 1.807) is 12.1 Å². The van der Waals surface area contributed by atoms with E-state index in [0.29, 0.717) is 11.0 Å². The van der Waals surface area contributed by atoms with E-state index in [-0.39, 0.29) is 5.56 Å². The van der Waals surface area contributed by atoms with E-state index < -0.39 is 11.6 Å². The second kappa shape index (κ2) is 5.66. The first-order chi connectivity index (χ1) is 9.47. The van der Waals surface area contributed by atoms with Crippen LogP contribution in [0.25, 0.3) is 11.0 Å². The lowest BCUT2D eigenvalue weighted by Crippen LogP contribution is -2.22. The summed E-state index contributed by atoms with van der Waals surface area (Å²) in [6.07, 6.45) is 0. The number of halogens is 1. The highest BCUT2D eigenvalue weighted by atomic mass is 79.9. The zero-order chi connectivity index (χ0) is 14.9. The maximum atomic E-state index is 11.6. The summed E-state index contributed by atoms with van der Waals surface area (Å²) >= 11 is 3.47. The minimum atomic E-state index is -1.29. The van der Waals surface area contributed by atoms with Crippen LogP contribution in [0.15, 0.2) is 31.9 Å². The molecule has 1 aromatic heterocycles. The molecule has 106 valence electrons. The van der Waals surface area contributed by atoms with E-state index >= 15 is 0 Å². The van der Waals surface area contributed by atoms with Crippen LogP contribution in [-0.4, -0.2) is 24.2 Å². The molecule has 0 fully saturated rings. The summed E-state index contributed by atoms with van der Waals surface area (Å²) in [5.74, 6) is -1.29. The fourth-order valence-corrected chi connectivity index (χ4v) is 2.70. The molecule has 5 nitrogen and oxygen atoms in total. The summed E-state index contributed by atoms with van der Waals surface area (Å²) in [5, 5.41) is 9.51. The van der Waals surface area contributed by atoms with Crippen LogP contribution in [0.5, 0.6) is 0 Å². The standard InChI is InChI=1S/C14H14BrNO4/c1-3-16(4-2)11-7-12-8(6-10(11)15)5-9(13(17)18)14(19)20-12/h5-7H,3-4H2,1-2H3,(H,17,18). The third-order valence-corrected chi connectivity index (χ3v) is 3.77. The van der Waals surface area contributed by atoms with Crippen molar-refractivity contribution in [2.24, 2.45) is 0 Å². The maximum Gasteiger partial charge on any atom is 0.351 e. The van der Waals surface area contributed by atoms with Gasteiger partial charge in [-0.15, -0.1) is 0 Å². The third-order valence-electron chi connectivity index (χ3n) is 3.14. The molecule has 20 heavy (non-hydrogen) atoms. The molecule has 0 aliphatic rings. The highest BCUT2D eigenvalue weighted by Gasteiger charge is 2.15. The second-order valence-corrected chi connectivity index (χ2v) is 5.12. The number of hydrogen-bond acceptors (Lipinski definition) is 4. The minimum absolute atomic E-state index is 0.361. The summed E-state index contributed by atoms with van der Waals surface area (Å²) in [5.41, 5.74) is 0.0941. The van der Waals surface area contributed by atoms with E-state index in [4.69, 9.17) is 9.52 Å². The fourth-order valence-electron chi connectivity index (χ4n) is 2.08. The van der Waals surface area contributed by atoms with Crippen molar-refractivity contribution in [3.63, 3.8) is 0 Å². The molecule has 1 heterocycles. The summed E-state index contributed by atoms with van der Waals surface area (Å²) in [6, 6.07) is 4.85. The Bertz CT molecular complexity index is 719. The Kier molecular flexibility index (Phi) is 4.13. The normalized spacial score (nSPS) is 10.8. The summed E-state index contributed by atoms with van der Waals surface area (Å²) in [7, 11) is 0. The number of aromatic carboxylic acids is 1. The lowest BCUT2D eigenvalue weighted by Gasteiger charge is -2.22. The highest BCUT2D eigenvalue weighted by Crippen LogP contribution is 2.31. The van der Waals surface area contributed by atoms with Gasteiger partial charge >= 0.3 is 11.6 Å². The first-order valence-corrected chi connectivity index (χ1v) is 7.02. The first kappa shape index (κ1) is 14.6. The largest absolute Gasteiger partial charge is 0.477 e. The molecule has 2 aromatic rings. The van der Waals surface area contributed by atoms with Crippen molar-refractivity contribution in [2.75, 3.05) is 18.0 Å². The van der Waals surface area contributed by atoms with Gasteiger partial charge in [0.2, 0.25) is 0 Å². The molecule has 1 N–H and O–H groups in total. The predicted octanol–water partition coefficient (Wildman–Crippen LogP) is 3.10. The number of benzene rings is 1. The molecule has 1 aromatic carbocycles. The lowest BCUT2D eigenvalue weighted by atomic mass is 10.1. The molecule has 0 radical (unpaired) electrons. The molecule has 0 amide bonds. The van der Waals surface area contributed by atoms with Crippen LogP contribution in [0.2, 0.25) is 0 Å². The number of carboxylic acids is 1. The van der Waals surface area contributed by atoms with Gasteiger partial charge < -0.3 is 14.4 Å². The second-order valence-electron chi connectivity index (χ2n) is 4.27. The van der Waals surface area contributed by atoms with E-state index in [1.807, 2.05) is 13.8 Å². The van der Waals surface area contributed by atoms with Crippen molar-refractivity contribution in [1.29, 1.82) is 0 Å². The van der Waals surface area contributed by atoms with Crippen LogP contribution in [0.3, 0.4) is 0 Å². The lowest BCUT2D eigenvalue weighted by molar-refractivity contribution is 0.0692. The zero-order valence-corrected chi connectivity index (χ0v) is 12.7. The van der Waals surface area contributed by atoms with E-state index in [9.17, 15) is 9.59 Å². The van der Waals surface area contributed by atoms with Gasteiger partial charge in [0.05, 0.1) is 5.69 Å². The van der Waals surface area contributed by atoms with Gasteiger partial charge in [-0.1, -0.05) is 0 Å². The van der Waals surface area contributed by atoms with Crippen molar-refractivity contribution >= 4 is 38.6 Å². The molecule has 2 rings (SSSR count). The zero-order valence-electron chi connectivity index (χ0n) is 11.1. The third kappa shape index (κ3) is 2.56. The van der Waals surface area contributed by atoms with Crippen LogP contribution in [0.1, 0.15) is 24.2 Å². The topological polar surface area (TPSA) is 70.8 Å². The Morgan fingerprint density at radius 3 is 2.50 bits per heavy atom. The molecule has 0 aliphatic heterocycles. The number of carbonyl (C=O) groups is 1. The van der Waals surface area contributed by atoms with E-state index in [2.05, 4.69) is 20.8 Å². The summed E-state index contributed by atoms with van der Waals surface area (Å²) in [4.78, 5) is 24.7. The van der Waals surface area contributed by atoms with Crippen molar-refractivity contribution in [3.05, 3.63) is 38.7 Å².